The topological polar surface area (TPSA) is 108 Å². The third-order valence-corrected chi connectivity index (χ3v) is 6.87. The summed E-state index contributed by atoms with van der Waals surface area (Å²) in [6.07, 6.45) is -4.61. The van der Waals surface area contributed by atoms with E-state index in [1.165, 1.54) is 61.7 Å². The van der Waals surface area contributed by atoms with Gasteiger partial charge in [-0.2, -0.15) is 18.4 Å². The molecule has 37 heavy (non-hydrogen) atoms. The van der Waals surface area contributed by atoms with Crippen LogP contribution in [0.15, 0.2) is 65.6 Å². The number of hydrogen-bond donors (Lipinski definition) is 2. The first-order valence-corrected chi connectivity index (χ1v) is 12.4. The molecule has 3 rings (SSSR count). The summed E-state index contributed by atoms with van der Waals surface area (Å²) in [6, 6.07) is 14.5. The minimum atomic E-state index is -4.61. The molecule has 11 heteroatoms. The Morgan fingerprint density at radius 2 is 1.65 bits per heavy atom. The zero-order valence-electron chi connectivity index (χ0n) is 20.4. The highest BCUT2D eigenvalue weighted by Crippen LogP contribution is 2.38. The summed E-state index contributed by atoms with van der Waals surface area (Å²) in [5.41, 5.74) is -1.55. The van der Waals surface area contributed by atoms with Crippen molar-refractivity contribution in [2.75, 3.05) is 12.4 Å². The molecule has 0 saturated carbocycles. The van der Waals surface area contributed by atoms with Gasteiger partial charge in [0, 0.05) is 22.4 Å². The van der Waals surface area contributed by atoms with E-state index >= 15 is 0 Å². The average Bonchev–Trinajstić information content (AvgIpc) is 2.81. The van der Waals surface area contributed by atoms with Gasteiger partial charge in [0.15, 0.2) is 0 Å². The molecule has 3 aromatic carbocycles. The molecule has 0 aliphatic carbocycles. The van der Waals surface area contributed by atoms with E-state index in [4.69, 9.17) is 4.74 Å². The van der Waals surface area contributed by atoms with Crippen molar-refractivity contribution in [2.24, 2.45) is 0 Å². The number of amides is 1. The normalized spacial score (nSPS) is 12.1. The van der Waals surface area contributed by atoms with Gasteiger partial charge in [0.2, 0.25) is 10.0 Å². The second kappa shape index (κ2) is 10.2. The average molecular weight is 532 g/mol. The summed E-state index contributed by atoms with van der Waals surface area (Å²) >= 11 is 0. The van der Waals surface area contributed by atoms with E-state index in [0.29, 0.717) is 0 Å². The Bertz CT molecular complexity index is 1490. The fourth-order valence-corrected chi connectivity index (χ4v) is 5.18. The monoisotopic (exact) mass is 531 g/mol. The van der Waals surface area contributed by atoms with E-state index in [1.54, 1.807) is 20.8 Å². The van der Waals surface area contributed by atoms with E-state index in [0.717, 1.165) is 6.07 Å². The Kier molecular flexibility index (Phi) is 7.67. The van der Waals surface area contributed by atoms with Crippen molar-refractivity contribution in [1.29, 1.82) is 5.26 Å². The number of hydrogen-bond acceptors (Lipinski definition) is 5. The SMILES string of the molecule is COc1cc(C(=O)Nc2ccc(-c3ccccc3C(F)(F)F)c(C#N)c2)ccc1S(=O)(=O)NC(C)(C)C. The van der Waals surface area contributed by atoms with Gasteiger partial charge in [0.05, 0.1) is 24.3 Å². The molecule has 0 radical (unpaired) electrons. The predicted octanol–water partition coefficient (Wildman–Crippen LogP) is 5.58. The lowest BCUT2D eigenvalue weighted by molar-refractivity contribution is -0.137. The minimum Gasteiger partial charge on any atom is -0.495 e. The molecule has 0 unspecified atom stereocenters. The lowest BCUT2D eigenvalue weighted by Gasteiger charge is -2.21. The van der Waals surface area contributed by atoms with Crippen molar-refractivity contribution in [3.63, 3.8) is 0 Å². The zero-order chi connectivity index (χ0) is 27.6. The van der Waals surface area contributed by atoms with Gasteiger partial charge in [-0.25, -0.2) is 13.1 Å². The molecule has 0 saturated heterocycles. The number of halogens is 3. The van der Waals surface area contributed by atoms with Crippen LogP contribution in [0, 0.1) is 11.3 Å². The molecule has 194 valence electrons. The first-order valence-electron chi connectivity index (χ1n) is 10.9. The van der Waals surface area contributed by atoms with Gasteiger partial charge < -0.3 is 10.1 Å². The molecule has 0 aliphatic heterocycles. The Balaban J connectivity index is 1.92. The summed E-state index contributed by atoms with van der Waals surface area (Å²) in [4.78, 5) is 12.7. The van der Waals surface area contributed by atoms with E-state index in [1.807, 2.05) is 6.07 Å². The molecular formula is C26H24F3N3O4S. The number of carbonyl (C=O) groups is 1. The molecule has 0 heterocycles. The van der Waals surface area contributed by atoms with Crippen LogP contribution in [-0.4, -0.2) is 27.0 Å². The summed E-state index contributed by atoms with van der Waals surface area (Å²) in [7, 11) is -2.67. The van der Waals surface area contributed by atoms with Crippen LogP contribution >= 0.6 is 0 Å². The van der Waals surface area contributed by atoms with Crippen molar-refractivity contribution in [2.45, 2.75) is 37.4 Å². The highest BCUT2D eigenvalue weighted by Gasteiger charge is 2.34. The zero-order valence-corrected chi connectivity index (χ0v) is 21.2. The van der Waals surface area contributed by atoms with Crippen molar-refractivity contribution in [3.8, 4) is 22.9 Å². The molecule has 0 bridgehead atoms. The highest BCUT2D eigenvalue weighted by atomic mass is 32.2. The van der Waals surface area contributed by atoms with Crippen LogP contribution in [0.25, 0.3) is 11.1 Å². The van der Waals surface area contributed by atoms with E-state index in [2.05, 4.69) is 10.0 Å². The number of rotatable bonds is 6. The molecule has 0 fully saturated rings. The van der Waals surface area contributed by atoms with Crippen molar-refractivity contribution in [3.05, 3.63) is 77.4 Å². The number of nitrogens with one attached hydrogen (secondary N) is 2. The second-order valence-electron chi connectivity index (χ2n) is 9.09. The number of methoxy groups -OCH3 is 1. The number of benzene rings is 3. The van der Waals surface area contributed by atoms with Crippen LogP contribution in [0.5, 0.6) is 5.75 Å². The number of sulfonamides is 1. The van der Waals surface area contributed by atoms with E-state index < -0.39 is 33.2 Å². The molecular weight excluding hydrogens is 507 g/mol. The van der Waals surface area contributed by atoms with Gasteiger partial charge in [-0.15, -0.1) is 0 Å². The fourth-order valence-electron chi connectivity index (χ4n) is 3.61. The number of nitriles is 1. The number of ether oxygens (including phenoxy) is 1. The number of carbonyl (C=O) groups excluding carboxylic acids is 1. The number of anilines is 1. The van der Waals surface area contributed by atoms with Crippen molar-refractivity contribution in [1.82, 2.24) is 4.72 Å². The third kappa shape index (κ3) is 6.47. The smallest absolute Gasteiger partial charge is 0.417 e. The van der Waals surface area contributed by atoms with Crippen LogP contribution in [0.2, 0.25) is 0 Å². The van der Waals surface area contributed by atoms with Crippen LogP contribution in [0.1, 0.15) is 42.3 Å². The lowest BCUT2D eigenvalue weighted by atomic mass is 9.95. The van der Waals surface area contributed by atoms with Crippen molar-refractivity contribution < 1.29 is 31.1 Å². The minimum absolute atomic E-state index is 0.0544. The van der Waals surface area contributed by atoms with Gasteiger partial charge in [-0.1, -0.05) is 24.3 Å². The largest absolute Gasteiger partial charge is 0.495 e. The molecule has 0 atom stereocenters. The van der Waals surface area contributed by atoms with Gasteiger partial charge in [-0.05, 0) is 62.7 Å². The van der Waals surface area contributed by atoms with Crippen molar-refractivity contribution >= 4 is 21.6 Å². The molecule has 0 aromatic heterocycles. The Morgan fingerprint density at radius 1 is 0.973 bits per heavy atom. The van der Waals surface area contributed by atoms with Gasteiger partial charge in [0.25, 0.3) is 5.91 Å². The summed E-state index contributed by atoms with van der Waals surface area (Å²) in [6.45, 7) is 5.05. The molecule has 7 nitrogen and oxygen atoms in total. The number of alkyl halides is 3. The lowest BCUT2D eigenvalue weighted by Crippen LogP contribution is -2.40. The highest BCUT2D eigenvalue weighted by molar-refractivity contribution is 7.89. The number of nitrogens with zero attached hydrogens (tertiary/aromatic N) is 1. The third-order valence-electron chi connectivity index (χ3n) is 5.08. The van der Waals surface area contributed by atoms with Gasteiger partial charge in [0.1, 0.15) is 10.6 Å². The second-order valence-corrected chi connectivity index (χ2v) is 10.7. The van der Waals surface area contributed by atoms with Crippen LogP contribution < -0.4 is 14.8 Å². The van der Waals surface area contributed by atoms with Crippen LogP contribution in [-0.2, 0) is 16.2 Å². The molecule has 0 spiro atoms. The van der Waals surface area contributed by atoms with Crippen LogP contribution in [0.4, 0.5) is 18.9 Å². The molecule has 0 aliphatic rings. The quantitative estimate of drug-likeness (QED) is 0.432. The maximum absolute atomic E-state index is 13.5. The molecule has 3 aromatic rings. The molecule has 1 amide bonds. The first kappa shape index (κ1) is 27.7. The fraction of sp³-hybridized carbons (Fsp3) is 0.231. The standard InChI is InChI=1S/C26H24F3N3O4S/c1-25(2,3)32-37(34,35)23-12-9-16(14-22(23)36-4)24(33)31-18-10-11-19(17(13-18)15-30)20-7-5-6-8-21(20)26(27,28)29/h5-14,32H,1-4H3,(H,31,33). The summed E-state index contributed by atoms with van der Waals surface area (Å²) < 4.78 is 73.5. The van der Waals surface area contributed by atoms with Gasteiger partial charge >= 0.3 is 6.18 Å². The molecule has 2 N–H and O–H groups in total. The summed E-state index contributed by atoms with van der Waals surface area (Å²) in [5.74, 6) is -0.695. The van der Waals surface area contributed by atoms with E-state index in [-0.39, 0.29) is 38.6 Å². The Morgan fingerprint density at radius 3 is 2.24 bits per heavy atom. The first-order chi connectivity index (χ1) is 17.2. The Hall–Kier alpha value is -3.88. The van der Waals surface area contributed by atoms with Crippen LogP contribution in [0.3, 0.4) is 0 Å². The van der Waals surface area contributed by atoms with E-state index in [9.17, 15) is 31.6 Å². The predicted molar refractivity (Wildman–Crippen MR) is 133 cm³/mol. The maximum Gasteiger partial charge on any atom is 0.417 e. The maximum atomic E-state index is 13.5. The van der Waals surface area contributed by atoms with Gasteiger partial charge in [-0.3, -0.25) is 4.79 Å². The Labute approximate surface area is 212 Å². The summed E-state index contributed by atoms with van der Waals surface area (Å²) in [5, 5.41) is 12.2.